The maximum absolute atomic E-state index is 5.97. The molecule has 0 fully saturated rings. The lowest BCUT2D eigenvalue weighted by Gasteiger charge is -2.04. The van der Waals surface area contributed by atoms with Crippen molar-refractivity contribution in [2.45, 2.75) is 13.2 Å². The van der Waals surface area contributed by atoms with E-state index in [1.165, 1.54) is 0 Å². The van der Waals surface area contributed by atoms with Crippen LogP contribution in [0.25, 0.3) is 0 Å². The van der Waals surface area contributed by atoms with E-state index in [0.717, 1.165) is 22.3 Å². The lowest BCUT2D eigenvalue weighted by atomic mass is 10.1. The summed E-state index contributed by atoms with van der Waals surface area (Å²) in [5.74, 6) is 0. The summed E-state index contributed by atoms with van der Waals surface area (Å²) in [7, 11) is 0. The van der Waals surface area contributed by atoms with Crippen LogP contribution in [0.3, 0.4) is 0 Å². The Bertz CT molecular complexity index is 990. The lowest BCUT2D eigenvalue weighted by Crippen LogP contribution is -1.93. The molecule has 0 unspecified atom stereocenters. The van der Waals surface area contributed by atoms with Gasteiger partial charge in [-0.2, -0.15) is 0 Å². The van der Waals surface area contributed by atoms with Crippen LogP contribution >= 0.6 is 46.4 Å². The molecule has 154 valence electrons. The second-order valence-corrected chi connectivity index (χ2v) is 7.81. The molecule has 0 saturated heterocycles. The van der Waals surface area contributed by atoms with Crippen LogP contribution in [0.2, 0.25) is 20.1 Å². The molecule has 0 radical (unpaired) electrons. The minimum atomic E-state index is 0.318. The van der Waals surface area contributed by atoms with E-state index < -0.39 is 0 Å². The number of nitrogens with zero attached hydrogens (tertiary/aromatic N) is 2. The summed E-state index contributed by atoms with van der Waals surface area (Å²) < 4.78 is 0. The molecule has 0 N–H and O–H groups in total. The van der Waals surface area contributed by atoms with Crippen molar-refractivity contribution in [1.29, 1.82) is 0 Å². The maximum atomic E-state index is 5.97. The van der Waals surface area contributed by atoms with E-state index in [0.29, 0.717) is 33.3 Å². The van der Waals surface area contributed by atoms with Gasteiger partial charge in [0.05, 0.1) is 32.5 Å². The molecule has 0 amide bonds. The van der Waals surface area contributed by atoms with E-state index in [2.05, 4.69) is 10.3 Å². The first-order valence-electron chi connectivity index (χ1n) is 8.80. The minimum Gasteiger partial charge on any atom is -0.391 e. The molecule has 4 nitrogen and oxygen atoms in total. The van der Waals surface area contributed by atoms with Gasteiger partial charge in [0.25, 0.3) is 0 Å². The first-order valence-corrected chi connectivity index (χ1v) is 10.3. The van der Waals surface area contributed by atoms with Gasteiger partial charge in [-0.1, -0.05) is 87.0 Å². The van der Waals surface area contributed by atoms with E-state index in [9.17, 15) is 0 Å². The van der Waals surface area contributed by atoms with Crippen molar-refractivity contribution in [2.75, 3.05) is 0 Å². The zero-order valence-electron chi connectivity index (χ0n) is 15.6. The first kappa shape index (κ1) is 22.4. The second kappa shape index (κ2) is 11.2. The fourth-order valence-corrected chi connectivity index (χ4v) is 3.03. The van der Waals surface area contributed by atoms with Crippen LogP contribution in [-0.2, 0) is 22.9 Å². The average Bonchev–Trinajstić information content (AvgIpc) is 2.74. The van der Waals surface area contributed by atoms with Crippen molar-refractivity contribution >= 4 is 58.8 Å². The fraction of sp³-hybridized carbons (Fsp3) is 0.0909. The van der Waals surface area contributed by atoms with Gasteiger partial charge in [-0.05, 0) is 52.6 Å². The Hall–Kier alpha value is -2.24. The molecule has 0 aliphatic rings. The van der Waals surface area contributed by atoms with Gasteiger partial charge in [-0.15, -0.1) is 0 Å². The SMILES string of the molecule is Clc1ccc(C=NOCc2cccc(CON=Cc3ccc(Cl)c(Cl)c3)c2)cc1Cl. The van der Waals surface area contributed by atoms with E-state index in [1.807, 2.05) is 24.3 Å². The lowest BCUT2D eigenvalue weighted by molar-refractivity contribution is 0.128. The third-order valence-corrected chi connectivity index (χ3v) is 5.37. The van der Waals surface area contributed by atoms with Crippen LogP contribution in [0.5, 0.6) is 0 Å². The smallest absolute Gasteiger partial charge is 0.142 e. The number of halogens is 4. The Morgan fingerprint density at radius 3 is 1.50 bits per heavy atom. The summed E-state index contributed by atoms with van der Waals surface area (Å²) in [6.45, 7) is 0.635. The van der Waals surface area contributed by atoms with Crippen LogP contribution in [0.15, 0.2) is 71.0 Å². The quantitative estimate of drug-likeness (QED) is 0.248. The van der Waals surface area contributed by atoms with Crippen molar-refractivity contribution in [3.63, 3.8) is 0 Å². The van der Waals surface area contributed by atoms with E-state index in [4.69, 9.17) is 56.1 Å². The molecule has 0 bridgehead atoms. The van der Waals surface area contributed by atoms with Crippen LogP contribution in [0.4, 0.5) is 0 Å². The highest BCUT2D eigenvalue weighted by atomic mass is 35.5. The van der Waals surface area contributed by atoms with Gasteiger partial charge in [0.1, 0.15) is 13.2 Å². The second-order valence-electron chi connectivity index (χ2n) is 6.18. The van der Waals surface area contributed by atoms with Crippen LogP contribution in [0.1, 0.15) is 22.3 Å². The Kier molecular flexibility index (Phi) is 8.40. The first-order chi connectivity index (χ1) is 14.5. The molecule has 3 rings (SSSR count). The molecule has 0 aromatic heterocycles. The van der Waals surface area contributed by atoms with E-state index in [-0.39, 0.29) is 0 Å². The monoisotopic (exact) mass is 480 g/mol. The highest BCUT2D eigenvalue weighted by Crippen LogP contribution is 2.22. The molecule has 0 saturated carbocycles. The largest absolute Gasteiger partial charge is 0.391 e. The molecule has 30 heavy (non-hydrogen) atoms. The van der Waals surface area contributed by atoms with Gasteiger partial charge < -0.3 is 9.68 Å². The summed E-state index contributed by atoms with van der Waals surface area (Å²) in [4.78, 5) is 10.7. The Labute approximate surface area is 194 Å². The van der Waals surface area contributed by atoms with Gasteiger partial charge >= 0.3 is 0 Å². The van der Waals surface area contributed by atoms with Crippen molar-refractivity contribution < 1.29 is 9.68 Å². The topological polar surface area (TPSA) is 43.2 Å². The third-order valence-electron chi connectivity index (χ3n) is 3.89. The van der Waals surface area contributed by atoms with Crippen LogP contribution < -0.4 is 0 Å². The summed E-state index contributed by atoms with van der Waals surface area (Å²) >= 11 is 23.7. The van der Waals surface area contributed by atoms with Gasteiger partial charge in [-0.3, -0.25) is 0 Å². The van der Waals surface area contributed by atoms with E-state index >= 15 is 0 Å². The molecule has 0 aliphatic heterocycles. The van der Waals surface area contributed by atoms with Gasteiger partial charge in [0.15, 0.2) is 0 Å². The normalized spacial score (nSPS) is 11.3. The van der Waals surface area contributed by atoms with Crippen LogP contribution in [0, 0.1) is 0 Å². The predicted molar refractivity (Wildman–Crippen MR) is 124 cm³/mol. The summed E-state index contributed by atoms with van der Waals surface area (Å²) in [5.41, 5.74) is 3.50. The molecule has 0 aliphatic carbocycles. The fourth-order valence-electron chi connectivity index (χ4n) is 2.41. The highest BCUT2D eigenvalue weighted by Gasteiger charge is 2.00. The Morgan fingerprint density at radius 2 is 1.07 bits per heavy atom. The van der Waals surface area contributed by atoms with Crippen molar-refractivity contribution in [3.8, 4) is 0 Å². The number of benzene rings is 3. The number of oxime groups is 2. The van der Waals surface area contributed by atoms with E-state index in [1.54, 1.807) is 48.8 Å². The maximum Gasteiger partial charge on any atom is 0.142 e. The number of hydrogen-bond acceptors (Lipinski definition) is 4. The molecule has 3 aromatic carbocycles. The van der Waals surface area contributed by atoms with Crippen LogP contribution in [-0.4, -0.2) is 12.4 Å². The summed E-state index contributed by atoms with van der Waals surface area (Å²) in [5, 5.41) is 9.84. The zero-order valence-corrected chi connectivity index (χ0v) is 18.6. The van der Waals surface area contributed by atoms with Gasteiger partial charge in [0.2, 0.25) is 0 Å². The van der Waals surface area contributed by atoms with Crippen molar-refractivity contribution in [3.05, 3.63) is 103 Å². The third kappa shape index (κ3) is 6.92. The van der Waals surface area contributed by atoms with Gasteiger partial charge in [-0.25, -0.2) is 0 Å². The predicted octanol–water partition coefficient (Wildman–Crippen LogP) is 7.40. The Balaban J connectivity index is 1.48. The summed E-state index contributed by atoms with van der Waals surface area (Å²) in [6, 6.07) is 18.2. The molecular weight excluding hydrogens is 466 g/mol. The molecule has 3 aromatic rings. The Morgan fingerprint density at radius 1 is 0.600 bits per heavy atom. The molecule has 0 spiro atoms. The molecule has 0 heterocycles. The molecule has 8 heteroatoms. The van der Waals surface area contributed by atoms with Gasteiger partial charge in [0, 0.05) is 0 Å². The molecule has 0 atom stereocenters. The average molecular weight is 482 g/mol. The zero-order chi connectivity index (χ0) is 21.3. The number of hydrogen-bond donors (Lipinski definition) is 0. The highest BCUT2D eigenvalue weighted by molar-refractivity contribution is 6.42. The van der Waals surface area contributed by atoms with Crippen molar-refractivity contribution in [2.24, 2.45) is 10.3 Å². The summed E-state index contributed by atoms with van der Waals surface area (Å²) in [6.07, 6.45) is 3.15. The minimum absolute atomic E-state index is 0.318. The molecular formula is C22H16Cl4N2O2. The number of rotatable bonds is 8. The standard InChI is InChI=1S/C22H16Cl4N2O2/c23-19-6-4-15(9-21(19)25)11-27-29-13-17-2-1-3-18(8-17)14-30-28-12-16-5-7-20(24)22(26)10-16/h1-12H,13-14H2. The van der Waals surface area contributed by atoms with Crippen molar-refractivity contribution in [1.82, 2.24) is 0 Å².